The smallest absolute Gasteiger partial charge is 0.310 e. The summed E-state index contributed by atoms with van der Waals surface area (Å²) in [5, 5.41) is 7.43. The Morgan fingerprint density at radius 3 is 2.81 bits per heavy atom. The van der Waals surface area contributed by atoms with Crippen molar-refractivity contribution in [3.63, 3.8) is 0 Å². The van der Waals surface area contributed by atoms with E-state index in [1.54, 1.807) is 18.3 Å². The second-order valence-electron chi connectivity index (χ2n) is 7.72. The lowest BCUT2D eigenvalue weighted by Gasteiger charge is -2.30. The quantitative estimate of drug-likeness (QED) is 0.529. The van der Waals surface area contributed by atoms with Gasteiger partial charge < -0.3 is 10.2 Å². The molecule has 0 amide bonds. The number of nitrogens with one attached hydrogen (secondary N) is 1. The maximum atomic E-state index is 14.1. The van der Waals surface area contributed by atoms with E-state index >= 15 is 0 Å². The zero-order chi connectivity index (χ0) is 22.4. The van der Waals surface area contributed by atoms with E-state index < -0.39 is 17.2 Å². The van der Waals surface area contributed by atoms with E-state index in [4.69, 9.17) is 0 Å². The zero-order valence-corrected chi connectivity index (χ0v) is 17.4. The number of pyridine rings is 2. The first-order valence-corrected chi connectivity index (χ1v) is 10.1. The summed E-state index contributed by atoms with van der Waals surface area (Å²) in [5.41, 5.74) is 3.22. The molecule has 1 aliphatic rings. The summed E-state index contributed by atoms with van der Waals surface area (Å²) >= 11 is 0. The van der Waals surface area contributed by atoms with Crippen molar-refractivity contribution in [1.82, 2.24) is 24.6 Å². The molecule has 4 aromatic heterocycles. The number of nitrogens with zero attached hydrogens (tertiary/aromatic N) is 6. The van der Waals surface area contributed by atoms with Gasteiger partial charge in [0.05, 0.1) is 29.5 Å². The van der Waals surface area contributed by atoms with Gasteiger partial charge in [-0.3, -0.25) is 14.8 Å². The predicted molar refractivity (Wildman–Crippen MR) is 115 cm³/mol. The Labute approximate surface area is 181 Å². The van der Waals surface area contributed by atoms with Crippen LogP contribution in [0.3, 0.4) is 0 Å². The fraction of sp³-hybridized carbons (Fsp3) is 0.227. The van der Waals surface area contributed by atoms with Crippen LogP contribution >= 0.6 is 0 Å². The predicted octanol–water partition coefficient (Wildman–Crippen LogP) is 3.08. The number of aromatic nitrogens is 5. The summed E-state index contributed by atoms with van der Waals surface area (Å²) in [5.74, 6) is -0.782. The van der Waals surface area contributed by atoms with Crippen molar-refractivity contribution in [2.24, 2.45) is 0 Å². The summed E-state index contributed by atoms with van der Waals surface area (Å²) in [6, 6.07) is 5.20. The fourth-order valence-electron chi connectivity index (χ4n) is 3.86. The van der Waals surface area contributed by atoms with Crippen LogP contribution in [0.1, 0.15) is 22.5 Å². The highest BCUT2D eigenvalue weighted by Crippen LogP contribution is 2.27. The fourth-order valence-corrected chi connectivity index (χ4v) is 3.86. The molecule has 1 aliphatic heterocycles. The lowest BCUT2D eigenvalue weighted by Crippen LogP contribution is -2.34. The van der Waals surface area contributed by atoms with Crippen LogP contribution in [0.5, 0.6) is 0 Å². The Morgan fingerprint density at radius 2 is 2.00 bits per heavy atom. The Morgan fingerprint density at radius 1 is 1.16 bits per heavy atom. The van der Waals surface area contributed by atoms with Crippen molar-refractivity contribution in [3.05, 3.63) is 81.3 Å². The van der Waals surface area contributed by atoms with E-state index in [-0.39, 0.29) is 5.69 Å². The molecule has 8 nitrogen and oxygen atoms in total. The molecule has 162 valence electrons. The first kappa shape index (κ1) is 20.0. The summed E-state index contributed by atoms with van der Waals surface area (Å²) < 4.78 is 29.0. The molecule has 0 unspecified atom stereocenters. The molecule has 0 saturated carbocycles. The normalized spacial score (nSPS) is 13.3. The Hall–Kier alpha value is -3.95. The third kappa shape index (κ3) is 3.43. The Balaban J connectivity index is 1.48. The van der Waals surface area contributed by atoms with Crippen molar-refractivity contribution in [2.75, 3.05) is 16.8 Å². The number of hydrogen-bond donors (Lipinski definition) is 1. The lowest BCUT2D eigenvalue weighted by molar-refractivity contribution is 0.575. The molecule has 0 saturated heterocycles. The lowest BCUT2D eigenvalue weighted by atomic mass is 10.0. The van der Waals surface area contributed by atoms with Gasteiger partial charge in [-0.1, -0.05) is 0 Å². The highest BCUT2D eigenvalue weighted by molar-refractivity contribution is 5.61. The van der Waals surface area contributed by atoms with E-state index in [2.05, 4.69) is 25.4 Å². The molecule has 32 heavy (non-hydrogen) atoms. The first-order valence-electron chi connectivity index (χ1n) is 10.1. The van der Waals surface area contributed by atoms with Gasteiger partial charge in [0.2, 0.25) is 5.82 Å². The highest BCUT2D eigenvalue weighted by Gasteiger charge is 2.22. The van der Waals surface area contributed by atoms with Crippen LogP contribution in [-0.2, 0) is 13.0 Å². The van der Waals surface area contributed by atoms with Crippen molar-refractivity contribution in [1.29, 1.82) is 0 Å². The third-order valence-corrected chi connectivity index (χ3v) is 5.48. The van der Waals surface area contributed by atoms with Crippen molar-refractivity contribution in [2.45, 2.75) is 26.8 Å². The molecular weight excluding hydrogens is 416 g/mol. The standard InChI is InChI=1S/C22H19F2N7O/c1-12-7-19-27-13(2)20(24)22(32)31(19)29-21(12)30-6-4-17-14(11-30)8-15(9-26-17)28-18-3-5-25-10-16(18)23/h3,5,7-10H,4,6,11H2,1-2H3,(H,25,28). The van der Waals surface area contributed by atoms with Gasteiger partial charge in [0, 0.05) is 31.4 Å². The van der Waals surface area contributed by atoms with E-state index in [9.17, 15) is 13.6 Å². The molecular formula is C22H19F2N7O. The van der Waals surface area contributed by atoms with Gasteiger partial charge in [-0.25, -0.2) is 9.37 Å². The molecule has 5 rings (SSSR count). The van der Waals surface area contributed by atoms with Crippen LogP contribution in [0.4, 0.5) is 26.0 Å². The van der Waals surface area contributed by atoms with E-state index in [1.165, 1.54) is 13.1 Å². The van der Waals surface area contributed by atoms with Crippen molar-refractivity contribution in [3.8, 4) is 0 Å². The van der Waals surface area contributed by atoms with Crippen LogP contribution in [0.25, 0.3) is 5.65 Å². The Bertz CT molecular complexity index is 1420. The summed E-state index contributed by atoms with van der Waals surface area (Å²) in [7, 11) is 0. The molecule has 1 N–H and O–H groups in total. The van der Waals surface area contributed by atoms with Gasteiger partial charge in [-0.15, -0.1) is 5.10 Å². The summed E-state index contributed by atoms with van der Waals surface area (Å²) in [4.78, 5) is 26.8. The van der Waals surface area contributed by atoms with Crippen LogP contribution < -0.4 is 15.8 Å². The largest absolute Gasteiger partial charge is 0.352 e. The van der Waals surface area contributed by atoms with Gasteiger partial charge in [-0.2, -0.15) is 8.91 Å². The minimum Gasteiger partial charge on any atom is -0.352 e. The number of anilines is 3. The van der Waals surface area contributed by atoms with Gasteiger partial charge in [0.15, 0.2) is 17.3 Å². The van der Waals surface area contributed by atoms with E-state index in [0.29, 0.717) is 42.4 Å². The van der Waals surface area contributed by atoms with Crippen LogP contribution in [0.2, 0.25) is 0 Å². The second-order valence-corrected chi connectivity index (χ2v) is 7.72. The van der Waals surface area contributed by atoms with E-state index in [1.807, 2.05) is 17.9 Å². The summed E-state index contributed by atoms with van der Waals surface area (Å²) in [6.07, 6.45) is 5.00. The molecule has 0 bridgehead atoms. The molecule has 0 aromatic carbocycles. The zero-order valence-electron chi connectivity index (χ0n) is 17.4. The molecule has 0 aliphatic carbocycles. The van der Waals surface area contributed by atoms with Crippen LogP contribution in [0, 0.1) is 25.5 Å². The number of halogens is 2. The molecule has 0 spiro atoms. The average molecular weight is 435 g/mol. The molecule has 0 fully saturated rings. The van der Waals surface area contributed by atoms with Gasteiger partial charge in [0.25, 0.3) is 0 Å². The first-order chi connectivity index (χ1) is 15.4. The summed E-state index contributed by atoms with van der Waals surface area (Å²) in [6.45, 7) is 4.47. The van der Waals surface area contributed by atoms with Crippen LogP contribution in [0.15, 0.2) is 41.6 Å². The second kappa shape index (κ2) is 7.63. The molecule has 5 heterocycles. The van der Waals surface area contributed by atoms with Gasteiger partial charge in [-0.05, 0) is 43.2 Å². The van der Waals surface area contributed by atoms with E-state index in [0.717, 1.165) is 27.5 Å². The van der Waals surface area contributed by atoms with Gasteiger partial charge >= 0.3 is 5.56 Å². The topological polar surface area (TPSA) is 88.3 Å². The minimum atomic E-state index is -0.906. The molecule has 4 aromatic rings. The Kier molecular flexibility index (Phi) is 4.76. The highest BCUT2D eigenvalue weighted by atomic mass is 19.1. The number of aryl methyl sites for hydroxylation is 2. The van der Waals surface area contributed by atoms with Crippen molar-refractivity contribution < 1.29 is 8.78 Å². The SMILES string of the molecule is Cc1cc2nc(C)c(F)c(=O)n2nc1N1CCc2ncc(Nc3ccncc3F)cc2C1. The maximum Gasteiger partial charge on any atom is 0.310 e. The maximum absolute atomic E-state index is 14.1. The molecule has 0 atom stereocenters. The van der Waals surface area contributed by atoms with Crippen LogP contribution in [-0.4, -0.2) is 31.1 Å². The molecule has 10 heteroatoms. The number of rotatable bonds is 3. The average Bonchev–Trinajstić information content (AvgIpc) is 2.78. The monoisotopic (exact) mass is 435 g/mol. The van der Waals surface area contributed by atoms with Crippen molar-refractivity contribution >= 4 is 22.8 Å². The minimum absolute atomic E-state index is 0.0487. The number of hydrogen-bond acceptors (Lipinski definition) is 7. The molecule has 0 radical (unpaired) electrons. The number of fused-ring (bicyclic) bond motifs is 2. The van der Waals surface area contributed by atoms with Gasteiger partial charge in [0.1, 0.15) is 0 Å². The third-order valence-electron chi connectivity index (χ3n) is 5.48.